The van der Waals surface area contributed by atoms with E-state index in [0.717, 1.165) is 11.8 Å². The summed E-state index contributed by atoms with van der Waals surface area (Å²) in [7, 11) is 1.36. The Morgan fingerprint density at radius 1 is 1.07 bits per heavy atom. The summed E-state index contributed by atoms with van der Waals surface area (Å²) in [5, 5.41) is 33.3. The quantitative estimate of drug-likeness (QED) is 0.281. The summed E-state index contributed by atoms with van der Waals surface area (Å²) in [5.74, 6) is -7.12. The van der Waals surface area contributed by atoms with Gasteiger partial charge in [0.25, 0.3) is 5.85 Å². The van der Waals surface area contributed by atoms with Gasteiger partial charge in [-0.1, -0.05) is 29.3 Å². The van der Waals surface area contributed by atoms with E-state index in [1.165, 1.54) is 37.1 Å². The summed E-state index contributed by atoms with van der Waals surface area (Å²) in [6, 6.07) is 1.82. The van der Waals surface area contributed by atoms with Gasteiger partial charge in [0.15, 0.2) is 5.78 Å². The Bertz CT molecular complexity index is 1200. The molecule has 0 spiro atoms. The summed E-state index contributed by atoms with van der Waals surface area (Å²) < 4.78 is 5.91. The molecular formula is C26H34Cl2N4O9. The fraction of sp³-hybridized carbons (Fsp3) is 0.577. The number of likely N-dealkylation sites (N-methyl/N-ethyl adjacent to an activating group) is 1. The number of nitrogens with zero attached hydrogens (tertiary/aromatic N) is 3. The van der Waals surface area contributed by atoms with E-state index in [-0.39, 0.29) is 28.7 Å². The predicted molar refractivity (Wildman–Crippen MR) is 147 cm³/mol. The fourth-order valence-corrected chi connectivity index (χ4v) is 5.78. The van der Waals surface area contributed by atoms with Crippen molar-refractivity contribution in [2.75, 3.05) is 33.2 Å². The summed E-state index contributed by atoms with van der Waals surface area (Å²) in [4.78, 5) is 67.5. The number of carboxylic acids is 1. The molecule has 226 valence electrons. The van der Waals surface area contributed by atoms with Crippen molar-refractivity contribution < 1.29 is 44.0 Å². The first-order valence-electron chi connectivity index (χ1n) is 13.1. The number of benzene rings is 1. The molecular weight excluding hydrogens is 583 g/mol. The molecule has 3 rings (SSSR count). The second-order valence-corrected chi connectivity index (χ2v) is 10.9. The number of rotatable bonds is 10. The number of likely N-dealkylation sites (tertiary alicyclic amines) is 1. The highest BCUT2D eigenvalue weighted by atomic mass is 35.5. The molecule has 2 fully saturated rings. The Labute approximate surface area is 246 Å². The lowest BCUT2D eigenvalue weighted by atomic mass is 9.88. The lowest BCUT2D eigenvalue weighted by Crippen LogP contribution is -2.77. The van der Waals surface area contributed by atoms with Crippen LogP contribution in [0.15, 0.2) is 18.2 Å². The smallest absolute Gasteiger partial charge is 0.411 e. The summed E-state index contributed by atoms with van der Waals surface area (Å²) in [5.41, 5.74) is 0.210. The molecule has 0 aliphatic carbocycles. The largest absolute Gasteiger partial charge is 0.480 e. The number of nitrogens with one attached hydrogen (secondary N) is 1. The second-order valence-electron chi connectivity index (χ2n) is 10.1. The number of aliphatic hydroxyl groups excluding tert-OH is 1. The van der Waals surface area contributed by atoms with Crippen LogP contribution in [0.25, 0.3) is 0 Å². The minimum atomic E-state index is -2.01. The van der Waals surface area contributed by atoms with Gasteiger partial charge >= 0.3 is 18.0 Å². The number of ketones is 1. The van der Waals surface area contributed by atoms with Crippen molar-refractivity contribution in [2.45, 2.75) is 63.1 Å². The number of carbonyl (C=O) groups excluding carboxylic acids is 3. The minimum Gasteiger partial charge on any atom is -0.480 e. The second kappa shape index (κ2) is 13.3. The molecule has 2 heterocycles. The molecule has 1 aromatic rings. The Morgan fingerprint density at radius 3 is 2.22 bits per heavy atom. The number of ether oxygens (including phenoxy) is 1. The van der Waals surface area contributed by atoms with Gasteiger partial charge in [0.1, 0.15) is 18.2 Å². The molecule has 2 amide bonds. The van der Waals surface area contributed by atoms with E-state index < -0.39 is 66.1 Å². The zero-order valence-electron chi connectivity index (χ0n) is 22.9. The molecule has 0 radical (unpaired) electrons. The number of piperazine rings is 1. The first-order chi connectivity index (χ1) is 19.3. The monoisotopic (exact) mass is 616 g/mol. The van der Waals surface area contributed by atoms with Crippen LogP contribution >= 0.6 is 23.2 Å². The summed E-state index contributed by atoms with van der Waals surface area (Å²) in [6.07, 6.45) is -2.45. The van der Waals surface area contributed by atoms with Gasteiger partial charge in [-0.05, 0) is 51.4 Å². The highest BCUT2D eigenvalue weighted by Gasteiger charge is 2.59. The van der Waals surface area contributed by atoms with E-state index in [4.69, 9.17) is 27.9 Å². The fourth-order valence-electron chi connectivity index (χ4n) is 5.47. The van der Waals surface area contributed by atoms with Gasteiger partial charge in [0, 0.05) is 26.2 Å². The van der Waals surface area contributed by atoms with Crippen LogP contribution in [0.2, 0.25) is 10.0 Å². The number of amides is 2. The number of carbonyl (C=O) groups is 5. The Balaban J connectivity index is 2.10. The van der Waals surface area contributed by atoms with Gasteiger partial charge in [0.2, 0.25) is 5.91 Å². The number of esters is 1. The molecule has 2 unspecified atom stereocenters. The van der Waals surface area contributed by atoms with Crippen molar-refractivity contribution in [3.8, 4) is 0 Å². The lowest BCUT2D eigenvalue weighted by molar-refractivity contribution is -0.264. The van der Waals surface area contributed by atoms with Crippen LogP contribution in [0.3, 0.4) is 0 Å². The SMILES string of the molecule is CNC(CC(=O)O[C@@]1(N2CCCC2)[C@@H](C)N(C(=O)C(c2ccc(Cl)c(Cl)c2)[C@H](O)C(C)=O)CCN1C(=O)O)C(=O)O. The highest BCUT2D eigenvalue weighted by molar-refractivity contribution is 6.42. The average molecular weight is 617 g/mol. The molecule has 13 nitrogen and oxygen atoms in total. The van der Waals surface area contributed by atoms with Crippen molar-refractivity contribution in [1.29, 1.82) is 0 Å². The molecule has 0 bridgehead atoms. The minimum absolute atomic E-state index is 0.0966. The molecule has 2 saturated heterocycles. The number of aliphatic carboxylic acids is 1. The standard InChI is InChI=1S/C26H34Cl2N4O9/c1-14(33)22(35)21(16-6-7-17(27)18(28)12-16)23(36)31-10-11-32(25(39)40)26(15(31)2,30-8-4-5-9-30)41-20(34)13-19(29-3)24(37)38/h6-7,12,15,19,21-22,29,35H,4-5,8-11,13H2,1-3H3,(H,37,38)(H,39,40)/t15-,19?,21?,22-,26-/m1/s1. The van der Waals surface area contributed by atoms with E-state index in [0.29, 0.717) is 25.9 Å². The number of hydrogen-bond donors (Lipinski definition) is 4. The summed E-state index contributed by atoms with van der Waals surface area (Å²) >= 11 is 12.2. The van der Waals surface area contributed by atoms with Crippen LogP contribution in [0.4, 0.5) is 4.79 Å². The molecule has 2 aliphatic rings. The van der Waals surface area contributed by atoms with Gasteiger partial charge in [-0.2, -0.15) is 0 Å². The maximum Gasteiger partial charge on any atom is 0.411 e. The van der Waals surface area contributed by atoms with Crippen LogP contribution < -0.4 is 5.32 Å². The van der Waals surface area contributed by atoms with Crippen molar-refractivity contribution in [3.05, 3.63) is 33.8 Å². The predicted octanol–water partition coefficient (Wildman–Crippen LogP) is 1.59. The Kier molecular flexibility index (Phi) is 10.6. The number of carboxylic acid groups (broad SMARTS) is 2. The van der Waals surface area contributed by atoms with E-state index in [2.05, 4.69) is 5.32 Å². The molecule has 15 heteroatoms. The van der Waals surface area contributed by atoms with E-state index in [9.17, 15) is 39.3 Å². The third kappa shape index (κ3) is 6.59. The maximum atomic E-state index is 14.2. The zero-order chi connectivity index (χ0) is 30.6. The zero-order valence-corrected chi connectivity index (χ0v) is 24.4. The third-order valence-electron chi connectivity index (χ3n) is 7.62. The van der Waals surface area contributed by atoms with E-state index >= 15 is 0 Å². The van der Waals surface area contributed by atoms with Gasteiger partial charge in [-0.15, -0.1) is 0 Å². The van der Waals surface area contributed by atoms with Crippen LogP contribution in [-0.4, -0.2) is 117 Å². The van der Waals surface area contributed by atoms with E-state index in [1.54, 1.807) is 4.90 Å². The number of halogens is 2. The van der Waals surface area contributed by atoms with E-state index in [1.807, 2.05) is 0 Å². The molecule has 0 saturated carbocycles. The molecule has 4 N–H and O–H groups in total. The van der Waals surface area contributed by atoms with Crippen molar-refractivity contribution in [2.24, 2.45) is 0 Å². The number of hydrogen-bond acceptors (Lipinski definition) is 9. The molecule has 0 aromatic heterocycles. The van der Waals surface area contributed by atoms with Crippen molar-refractivity contribution in [1.82, 2.24) is 20.0 Å². The first-order valence-corrected chi connectivity index (χ1v) is 13.8. The topological polar surface area (TPSA) is 177 Å². The Morgan fingerprint density at radius 2 is 1.71 bits per heavy atom. The number of aliphatic hydroxyl groups is 1. The molecule has 1 aromatic carbocycles. The first kappa shape index (κ1) is 32.5. The number of Topliss-reactive ketones (excluding diaryl/α,β-unsaturated/α-hetero) is 1. The molecule has 5 atom stereocenters. The van der Waals surface area contributed by atoms with Gasteiger partial charge < -0.3 is 30.3 Å². The normalized spacial score (nSPS) is 23.5. The van der Waals surface area contributed by atoms with Crippen molar-refractivity contribution in [3.63, 3.8) is 0 Å². The van der Waals surface area contributed by atoms with Gasteiger partial charge in [-0.3, -0.25) is 24.1 Å². The van der Waals surface area contributed by atoms with Crippen LogP contribution in [0.1, 0.15) is 44.6 Å². The average Bonchev–Trinajstić information content (AvgIpc) is 3.45. The molecule has 41 heavy (non-hydrogen) atoms. The maximum absolute atomic E-state index is 14.2. The van der Waals surface area contributed by atoms with Crippen LogP contribution in [-0.2, 0) is 23.9 Å². The third-order valence-corrected chi connectivity index (χ3v) is 8.36. The van der Waals surface area contributed by atoms with Crippen LogP contribution in [0, 0.1) is 0 Å². The van der Waals surface area contributed by atoms with Gasteiger partial charge in [-0.25, -0.2) is 9.69 Å². The van der Waals surface area contributed by atoms with Crippen molar-refractivity contribution >= 4 is 52.9 Å². The summed E-state index contributed by atoms with van der Waals surface area (Å²) in [6.45, 7) is 2.90. The Hall–Kier alpha value is -2.97. The van der Waals surface area contributed by atoms with Crippen LogP contribution in [0.5, 0.6) is 0 Å². The molecule has 2 aliphatic heterocycles. The highest BCUT2D eigenvalue weighted by Crippen LogP contribution is 2.39. The lowest BCUT2D eigenvalue weighted by Gasteiger charge is -2.56. The van der Waals surface area contributed by atoms with Gasteiger partial charge in [0.05, 0.1) is 22.4 Å².